The van der Waals surface area contributed by atoms with E-state index < -0.39 is 26.7 Å². The molecule has 10 aromatic rings. The van der Waals surface area contributed by atoms with Gasteiger partial charge in [0.05, 0.1) is 30.5 Å². The van der Waals surface area contributed by atoms with Crippen molar-refractivity contribution in [1.82, 2.24) is 14.5 Å². The maximum Gasteiger partial charge on any atom is 0.128 e. The number of imidazole rings is 1. The number of hydrogen-bond donors (Lipinski definition) is 0. The van der Waals surface area contributed by atoms with Crippen molar-refractivity contribution in [3.63, 3.8) is 0 Å². The van der Waals surface area contributed by atoms with Crippen LogP contribution >= 0.6 is 0 Å². The third-order valence-corrected chi connectivity index (χ3v) is 14.0. The molecule has 1 radical (unpaired) electrons. The van der Waals surface area contributed by atoms with E-state index in [9.17, 15) is 0 Å². The van der Waals surface area contributed by atoms with Gasteiger partial charge in [-0.15, -0.1) is 59.2 Å². The summed E-state index contributed by atoms with van der Waals surface area (Å²) in [5.41, 5.74) is 10.3. The van der Waals surface area contributed by atoms with Crippen LogP contribution in [0.3, 0.4) is 0 Å². The van der Waals surface area contributed by atoms with E-state index in [0.29, 0.717) is 28.7 Å². The van der Waals surface area contributed by atoms with Gasteiger partial charge >= 0.3 is 0 Å². The summed E-state index contributed by atoms with van der Waals surface area (Å²) in [6.45, 7) is 19.2. The van der Waals surface area contributed by atoms with Gasteiger partial charge in [0, 0.05) is 49.6 Å². The van der Waals surface area contributed by atoms with Crippen molar-refractivity contribution in [3.05, 3.63) is 168 Å². The Morgan fingerprint density at radius 1 is 0.723 bits per heavy atom. The van der Waals surface area contributed by atoms with Crippen LogP contribution in [0.4, 0.5) is 0 Å². The van der Waals surface area contributed by atoms with E-state index in [0.717, 1.165) is 54.9 Å². The molecule has 0 bridgehead atoms. The molecule has 0 amide bonds. The quantitative estimate of drug-likeness (QED) is 0.0908. The second-order valence-electron chi connectivity index (χ2n) is 19.6. The third kappa shape index (κ3) is 9.02. The van der Waals surface area contributed by atoms with E-state index >= 15 is 0 Å². The summed E-state index contributed by atoms with van der Waals surface area (Å²) in [7, 11) is -1.81. The van der Waals surface area contributed by atoms with Crippen molar-refractivity contribution >= 4 is 67.8 Å². The molecule has 0 N–H and O–H groups in total. The topological polar surface area (TPSA) is 43.9 Å². The fourth-order valence-electron chi connectivity index (χ4n) is 8.89. The molecule has 0 aliphatic heterocycles. The van der Waals surface area contributed by atoms with E-state index in [1.54, 1.807) is 18.3 Å². The van der Waals surface area contributed by atoms with Gasteiger partial charge in [-0.1, -0.05) is 171 Å². The van der Waals surface area contributed by atoms with Gasteiger partial charge in [-0.25, -0.2) is 0 Å². The molecule has 331 valence electrons. The molecule has 6 heteroatoms. The third-order valence-electron chi connectivity index (χ3n) is 12.0. The Bertz CT molecular complexity index is 3530. The van der Waals surface area contributed by atoms with Gasteiger partial charge < -0.3 is 14.0 Å². The molecular formula is C59H59IrN3OSi-2. The number of aryl methyl sites for hydroxylation is 1. The SMILES string of the molecule is CC(C)c1cccc(C(C)C)c1-n1c(-c2[c-]cc3oc4c(ccc5c6ccccc6ccc54)c3c2)nc2ccccc21.[2H]C([2H])([2H])c1c[c-]c(-c2cc(C([2H])([2H])C(C)(C)C)c([Si](C)(C)C)cn2)cc1.[Ir]. The molecule has 0 saturated carbocycles. The zero-order valence-electron chi connectivity index (χ0n) is 43.9. The molecule has 4 nitrogen and oxygen atoms in total. The summed E-state index contributed by atoms with van der Waals surface area (Å²) < 4.78 is 48.9. The molecule has 0 aliphatic rings. The van der Waals surface area contributed by atoms with Crippen LogP contribution in [0.1, 0.15) is 89.4 Å². The minimum Gasteiger partial charge on any atom is -0.500 e. The molecule has 0 spiro atoms. The number of aromatic nitrogens is 3. The fraction of sp³-hybridized carbons (Fsp3) is 0.254. The van der Waals surface area contributed by atoms with Gasteiger partial charge in [-0.3, -0.25) is 4.98 Å². The van der Waals surface area contributed by atoms with E-state index in [-0.39, 0.29) is 25.7 Å². The van der Waals surface area contributed by atoms with Gasteiger partial charge in [0.25, 0.3) is 0 Å². The molecule has 0 saturated heterocycles. The molecule has 65 heavy (non-hydrogen) atoms. The van der Waals surface area contributed by atoms with Crippen LogP contribution in [-0.4, -0.2) is 22.6 Å². The maximum absolute atomic E-state index is 8.79. The summed E-state index contributed by atoms with van der Waals surface area (Å²) in [5.74, 6) is 1.62. The first-order valence-corrected chi connectivity index (χ1v) is 25.9. The molecule has 0 aliphatic carbocycles. The van der Waals surface area contributed by atoms with Crippen LogP contribution in [0.25, 0.3) is 82.8 Å². The second-order valence-corrected chi connectivity index (χ2v) is 24.7. The standard InChI is InChI=1S/C39H31N2O.C20H28NSi.Ir/c1-23(2)27-12-9-13-28(24(3)4)37(27)41-35-15-8-7-14-34(35)40-39(41)26-17-21-36-33(22-26)32-20-19-30-29-11-6-5-10-25(29)16-18-31(30)38(32)42-36;1-15-8-10-16(11-9-15)18-12-17(13-20(2,3)4)19(14-21-18)22(5,6)7;/h5-16,18-24H,1-4H3;8-10,12,14H,13H2,1-7H3;/q2*-1;/i;1D3,13D2;. The summed E-state index contributed by atoms with van der Waals surface area (Å²) in [4.78, 5) is 9.78. The average molecular weight is 1050 g/mol. The average Bonchev–Trinajstić information content (AvgIpc) is 3.89. The molecule has 7 aromatic carbocycles. The number of benzene rings is 7. The Hall–Kier alpha value is -5.65. The van der Waals surface area contributed by atoms with Crippen LogP contribution in [0, 0.1) is 24.4 Å². The minimum absolute atomic E-state index is 0. The largest absolute Gasteiger partial charge is 0.500 e. The fourth-order valence-corrected chi connectivity index (χ4v) is 10.3. The van der Waals surface area contributed by atoms with Gasteiger partial charge in [-0.2, -0.15) is 0 Å². The maximum atomic E-state index is 8.79. The number of nitrogens with zero attached hydrogens (tertiary/aromatic N) is 3. The number of fused-ring (bicyclic) bond motifs is 8. The zero-order chi connectivity index (χ0) is 49.4. The Morgan fingerprint density at radius 2 is 1.40 bits per heavy atom. The first-order valence-electron chi connectivity index (χ1n) is 24.9. The molecular weight excluding hydrogens is 987 g/mol. The molecule has 0 unspecified atom stereocenters. The van der Waals surface area contributed by atoms with Gasteiger partial charge in [0.15, 0.2) is 0 Å². The van der Waals surface area contributed by atoms with Gasteiger partial charge in [0.2, 0.25) is 0 Å². The Balaban J connectivity index is 0.000000205. The molecule has 3 aromatic heterocycles. The van der Waals surface area contributed by atoms with Gasteiger partial charge in [-0.05, 0) is 73.9 Å². The molecule has 10 rings (SSSR count). The second kappa shape index (κ2) is 18.0. The first kappa shape index (κ1) is 39.7. The summed E-state index contributed by atoms with van der Waals surface area (Å²) >= 11 is 0. The Kier molecular flexibility index (Phi) is 11.0. The monoisotopic (exact) mass is 1050 g/mol. The number of rotatable bonds is 7. The van der Waals surface area contributed by atoms with Crippen molar-refractivity contribution < 1.29 is 31.4 Å². The van der Waals surface area contributed by atoms with Gasteiger partial charge in [0.1, 0.15) is 5.58 Å². The Labute approximate surface area is 406 Å². The van der Waals surface area contributed by atoms with Crippen LogP contribution in [-0.2, 0) is 26.5 Å². The van der Waals surface area contributed by atoms with Crippen LogP contribution in [0.5, 0.6) is 0 Å². The predicted molar refractivity (Wildman–Crippen MR) is 275 cm³/mol. The minimum atomic E-state index is -2.17. The number of para-hydroxylation sites is 3. The summed E-state index contributed by atoms with van der Waals surface area (Å²) in [6.07, 6.45) is 0.269. The molecule has 0 fully saturated rings. The zero-order valence-corrected chi connectivity index (χ0v) is 42.3. The summed E-state index contributed by atoms with van der Waals surface area (Å²) in [5, 5.41) is 8.00. The van der Waals surface area contributed by atoms with Crippen molar-refractivity contribution in [2.45, 2.75) is 93.2 Å². The van der Waals surface area contributed by atoms with Crippen LogP contribution in [0.2, 0.25) is 19.6 Å². The predicted octanol–water partition coefficient (Wildman–Crippen LogP) is 15.9. The summed E-state index contributed by atoms with van der Waals surface area (Å²) in [6, 6.07) is 49.8. The van der Waals surface area contributed by atoms with Crippen molar-refractivity contribution in [3.8, 4) is 28.3 Å². The number of hydrogen-bond acceptors (Lipinski definition) is 3. The van der Waals surface area contributed by atoms with E-state index in [1.807, 2.05) is 32.9 Å². The molecule has 3 heterocycles. The molecule has 0 atom stereocenters. The Morgan fingerprint density at radius 3 is 2.09 bits per heavy atom. The normalized spacial score (nSPS) is 13.7. The first-order chi connectivity index (χ1) is 32.5. The van der Waals surface area contributed by atoms with Crippen molar-refractivity contribution in [1.29, 1.82) is 0 Å². The van der Waals surface area contributed by atoms with Crippen molar-refractivity contribution in [2.24, 2.45) is 5.41 Å². The van der Waals surface area contributed by atoms with E-state index in [4.69, 9.17) is 16.3 Å². The number of pyridine rings is 1. The number of furan rings is 1. The van der Waals surface area contributed by atoms with Crippen molar-refractivity contribution in [2.75, 3.05) is 0 Å². The van der Waals surface area contributed by atoms with E-state index in [2.05, 4.69) is 166 Å². The smallest absolute Gasteiger partial charge is 0.128 e. The van der Waals surface area contributed by atoms with Crippen LogP contribution < -0.4 is 5.19 Å². The van der Waals surface area contributed by atoms with E-state index in [1.165, 1.54) is 39.0 Å². The van der Waals surface area contributed by atoms with Crippen LogP contribution in [0.15, 0.2) is 138 Å².